The lowest BCUT2D eigenvalue weighted by Gasteiger charge is -2.18. The van der Waals surface area contributed by atoms with E-state index in [1.165, 1.54) is 0 Å². The standard InChI is InChI=1S/C12H15ClO4/c1-2-11(12(14)15)17-10-5-3-9(4-6-10)16-8-7-13/h3-6,11H,2,7-8H2,1H3,(H,14,15)/p-1. The van der Waals surface area contributed by atoms with E-state index >= 15 is 0 Å². The van der Waals surface area contributed by atoms with Gasteiger partial charge in [-0.1, -0.05) is 6.92 Å². The molecule has 1 rings (SSSR count). The summed E-state index contributed by atoms with van der Waals surface area (Å²) >= 11 is 5.48. The van der Waals surface area contributed by atoms with E-state index in [-0.39, 0.29) is 0 Å². The normalized spacial score (nSPS) is 11.9. The second kappa shape index (κ2) is 7.01. The minimum atomic E-state index is -1.21. The van der Waals surface area contributed by atoms with Gasteiger partial charge in [0.2, 0.25) is 0 Å². The van der Waals surface area contributed by atoms with Crippen LogP contribution in [0.2, 0.25) is 0 Å². The largest absolute Gasteiger partial charge is 0.546 e. The maximum atomic E-state index is 10.7. The molecule has 1 aromatic rings. The lowest BCUT2D eigenvalue weighted by Crippen LogP contribution is -2.39. The Morgan fingerprint density at radius 1 is 1.35 bits per heavy atom. The molecule has 5 heteroatoms. The number of carboxylic acid groups (broad SMARTS) is 1. The van der Waals surface area contributed by atoms with Crippen LogP contribution < -0.4 is 14.6 Å². The first-order valence-electron chi connectivity index (χ1n) is 5.33. The molecule has 0 spiro atoms. The molecule has 4 nitrogen and oxygen atoms in total. The molecule has 0 radical (unpaired) electrons. The summed E-state index contributed by atoms with van der Waals surface area (Å²) in [6.07, 6.45) is -0.572. The van der Waals surface area contributed by atoms with Crippen LogP contribution in [-0.4, -0.2) is 24.6 Å². The Hall–Kier alpha value is -1.42. The quantitative estimate of drug-likeness (QED) is 0.689. The van der Waals surface area contributed by atoms with Crippen LogP contribution in [0.3, 0.4) is 0 Å². The minimum Gasteiger partial charge on any atom is -0.546 e. The highest BCUT2D eigenvalue weighted by Gasteiger charge is 2.08. The molecule has 1 atom stereocenters. The van der Waals surface area contributed by atoms with Crippen LogP contribution >= 0.6 is 11.6 Å². The van der Waals surface area contributed by atoms with Crippen LogP contribution in [-0.2, 0) is 4.79 Å². The van der Waals surface area contributed by atoms with Gasteiger partial charge in [0, 0.05) is 0 Å². The van der Waals surface area contributed by atoms with Crippen LogP contribution in [0.4, 0.5) is 0 Å². The van der Waals surface area contributed by atoms with Crippen molar-refractivity contribution in [3.05, 3.63) is 24.3 Å². The number of hydrogen-bond acceptors (Lipinski definition) is 4. The Bertz CT molecular complexity index is 350. The Morgan fingerprint density at radius 2 is 1.94 bits per heavy atom. The second-order valence-electron chi connectivity index (χ2n) is 3.34. The molecule has 1 unspecified atom stereocenters. The summed E-state index contributed by atoms with van der Waals surface area (Å²) in [5.74, 6) is 0.342. The lowest BCUT2D eigenvalue weighted by atomic mass is 10.2. The van der Waals surface area contributed by atoms with Gasteiger partial charge in [0.25, 0.3) is 0 Å². The molecule has 0 aliphatic heterocycles. The van der Waals surface area contributed by atoms with Crippen molar-refractivity contribution in [3.63, 3.8) is 0 Å². The number of rotatable bonds is 7. The SMILES string of the molecule is CCC(Oc1ccc(OCCCl)cc1)C(=O)[O-]. The zero-order chi connectivity index (χ0) is 12.7. The molecule has 0 amide bonds. The first-order valence-corrected chi connectivity index (χ1v) is 5.87. The fraction of sp³-hybridized carbons (Fsp3) is 0.417. The smallest absolute Gasteiger partial charge is 0.138 e. The number of carbonyl (C=O) groups is 1. The minimum absolute atomic E-state index is 0.354. The van der Waals surface area contributed by atoms with Crippen LogP contribution in [0, 0.1) is 0 Å². The zero-order valence-electron chi connectivity index (χ0n) is 9.52. The third-order valence-electron chi connectivity index (χ3n) is 2.08. The topological polar surface area (TPSA) is 58.6 Å². The number of benzene rings is 1. The fourth-order valence-electron chi connectivity index (χ4n) is 1.23. The molecule has 0 fully saturated rings. The monoisotopic (exact) mass is 257 g/mol. The van der Waals surface area contributed by atoms with Gasteiger partial charge >= 0.3 is 0 Å². The molecular weight excluding hydrogens is 244 g/mol. The average molecular weight is 258 g/mol. The number of ether oxygens (including phenoxy) is 2. The lowest BCUT2D eigenvalue weighted by molar-refractivity contribution is -0.313. The second-order valence-corrected chi connectivity index (χ2v) is 3.72. The van der Waals surface area contributed by atoms with Crippen LogP contribution in [0.25, 0.3) is 0 Å². The van der Waals surface area contributed by atoms with Gasteiger partial charge in [0.15, 0.2) is 0 Å². The molecule has 0 aromatic heterocycles. The maximum Gasteiger partial charge on any atom is 0.138 e. The molecule has 1 aromatic carbocycles. The Morgan fingerprint density at radius 3 is 2.41 bits per heavy atom. The first-order chi connectivity index (χ1) is 8.17. The van der Waals surface area contributed by atoms with Crippen molar-refractivity contribution >= 4 is 17.6 Å². The number of carbonyl (C=O) groups excluding carboxylic acids is 1. The highest BCUT2D eigenvalue weighted by Crippen LogP contribution is 2.19. The first kappa shape index (κ1) is 13.6. The summed E-state index contributed by atoms with van der Waals surface area (Å²) in [6.45, 7) is 2.15. The van der Waals surface area contributed by atoms with Crippen molar-refractivity contribution in [2.75, 3.05) is 12.5 Å². The Balaban J connectivity index is 2.58. The number of carboxylic acids is 1. The van der Waals surface area contributed by atoms with Crippen LogP contribution in [0.1, 0.15) is 13.3 Å². The number of hydrogen-bond donors (Lipinski definition) is 0. The zero-order valence-corrected chi connectivity index (χ0v) is 10.3. The van der Waals surface area contributed by atoms with E-state index in [9.17, 15) is 9.90 Å². The number of alkyl halides is 1. The number of aliphatic carboxylic acids is 1. The summed E-state index contributed by atoms with van der Waals surface area (Å²) < 4.78 is 10.5. The van der Waals surface area contributed by atoms with Crippen LogP contribution in [0.5, 0.6) is 11.5 Å². The molecule has 0 saturated carbocycles. The summed E-state index contributed by atoms with van der Waals surface area (Å²) in [5.41, 5.74) is 0. The van der Waals surface area contributed by atoms with Gasteiger partial charge in [-0.15, -0.1) is 11.6 Å². The van der Waals surface area contributed by atoms with Gasteiger partial charge in [-0.3, -0.25) is 0 Å². The Labute approximate surface area is 105 Å². The molecule has 0 N–H and O–H groups in total. The van der Waals surface area contributed by atoms with E-state index in [4.69, 9.17) is 21.1 Å². The molecule has 0 heterocycles. The average Bonchev–Trinajstić information content (AvgIpc) is 2.34. The van der Waals surface area contributed by atoms with Crippen molar-refractivity contribution in [2.45, 2.75) is 19.4 Å². The van der Waals surface area contributed by atoms with E-state index in [0.29, 0.717) is 30.4 Å². The van der Waals surface area contributed by atoms with E-state index in [1.807, 2.05) is 0 Å². The highest BCUT2D eigenvalue weighted by molar-refractivity contribution is 6.18. The molecule has 0 aliphatic rings. The highest BCUT2D eigenvalue weighted by atomic mass is 35.5. The van der Waals surface area contributed by atoms with E-state index in [1.54, 1.807) is 31.2 Å². The van der Waals surface area contributed by atoms with Crippen molar-refractivity contribution in [1.82, 2.24) is 0 Å². The molecule has 17 heavy (non-hydrogen) atoms. The predicted molar refractivity (Wildman–Crippen MR) is 62.4 cm³/mol. The molecule has 0 bridgehead atoms. The van der Waals surface area contributed by atoms with E-state index < -0.39 is 12.1 Å². The van der Waals surface area contributed by atoms with Gasteiger partial charge in [-0.25, -0.2) is 0 Å². The fourth-order valence-corrected chi connectivity index (χ4v) is 1.31. The third kappa shape index (κ3) is 4.53. The summed E-state index contributed by atoms with van der Waals surface area (Å²) in [5, 5.41) is 10.7. The van der Waals surface area contributed by atoms with E-state index in [2.05, 4.69) is 0 Å². The van der Waals surface area contributed by atoms with Crippen molar-refractivity contribution in [1.29, 1.82) is 0 Å². The van der Waals surface area contributed by atoms with Crippen molar-refractivity contribution in [2.24, 2.45) is 0 Å². The summed E-state index contributed by atoms with van der Waals surface area (Å²) in [7, 11) is 0. The molecule has 0 aliphatic carbocycles. The van der Waals surface area contributed by atoms with Crippen molar-refractivity contribution < 1.29 is 19.4 Å². The molecule has 94 valence electrons. The Kier molecular flexibility index (Phi) is 5.63. The van der Waals surface area contributed by atoms with Gasteiger partial charge in [0.05, 0.1) is 11.8 Å². The van der Waals surface area contributed by atoms with Crippen LogP contribution in [0.15, 0.2) is 24.3 Å². The van der Waals surface area contributed by atoms with Gasteiger partial charge < -0.3 is 19.4 Å². The molecular formula is C12H14ClO4-. The van der Waals surface area contributed by atoms with Gasteiger partial charge in [-0.2, -0.15) is 0 Å². The summed E-state index contributed by atoms with van der Waals surface area (Å²) in [4.78, 5) is 10.7. The van der Waals surface area contributed by atoms with Gasteiger partial charge in [-0.05, 0) is 30.7 Å². The third-order valence-corrected chi connectivity index (χ3v) is 2.24. The van der Waals surface area contributed by atoms with Crippen molar-refractivity contribution in [3.8, 4) is 11.5 Å². The maximum absolute atomic E-state index is 10.7. The van der Waals surface area contributed by atoms with Gasteiger partial charge in [0.1, 0.15) is 24.2 Å². The summed E-state index contributed by atoms with van der Waals surface area (Å²) in [6, 6.07) is 6.69. The van der Waals surface area contributed by atoms with E-state index in [0.717, 1.165) is 0 Å². The number of halogens is 1. The predicted octanol–water partition coefficient (Wildman–Crippen LogP) is 1.21. The molecule has 0 saturated heterocycles.